The lowest BCUT2D eigenvalue weighted by atomic mass is 9.81. The Labute approximate surface area is 402 Å². The van der Waals surface area contributed by atoms with Gasteiger partial charge in [-0.25, -0.2) is 15.0 Å². The van der Waals surface area contributed by atoms with E-state index in [0.29, 0.717) is 17.5 Å². The fourth-order valence-electron chi connectivity index (χ4n) is 11.7. The van der Waals surface area contributed by atoms with Crippen LogP contribution in [0.25, 0.3) is 137 Å². The van der Waals surface area contributed by atoms with Gasteiger partial charge in [0.1, 0.15) is 0 Å². The molecule has 0 saturated heterocycles. The first-order valence-corrected chi connectivity index (χ1v) is 24.5. The molecule has 0 unspecified atom stereocenters. The first-order valence-electron chi connectivity index (χ1n) is 23.7. The highest BCUT2D eigenvalue weighted by Crippen LogP contribution is 2.59. The highest BCUT2D eigenvalue weighted by atomic mass is 32.1. The molecule has 4 nitrogen and oxygen atoms in total. The summed E-state index contributed by atoms with van der Waals surface area (Å²) in [6, 6.07) is 75.2. The van der Waals surface area contributed by atoms with E-state index < -0.39 is 0 Å². The molecule has 15 rings (SSSR count). The van der Waals surface area contributed by atoms with Crippen molar-refractivity contribution >= 4 is 64.1 Å². The predicted octanol–water partition coefficient (Wildman–Crippen LogP) is 17.1. The average molecular weight is 897 g/mol. The van der Waals surface area contributed by atoms with E-state index >= 15 is 0 Å². The largest absolute Gasteiger partial charge is 0.308 e. The van der Waals surface area contributed by atoms with Crippen LogP contribution in [0, 0.1) is 0 Å². The standard InChI is InChI=1S/C64H40N4S/c1-64(2)51-18-10-17-50-57-45(16-11-20-54(57)68-53-19-8-6-14-46(53)49-32-33-52(64)59(58(50)51)60(49)68)39-24-26-40(27-25-39)61-65-62(42-29-23-38-22-28-41(34-44(38)35-42)37-12-4-3-5-13-37)67-63(66-61)43-30-31-48-47-15-7-9-21-55(47)69-56(48)36-43/h3-36H,1-2H3. The third kappa shape index (κ3) is 5.59. The first kappa shape index (κ1) is 38.6. The molecule has 0 fully saturated rings. The summed E-state index contributed by atoms with van der Waals surface area (Å²) in [4.78, 5) is 15.8. The van der Waals surface area contributed by atoms with Gasteiger partial charge in [-0.3, -0.25) is 0 Å². The zero-order chi connectivity index (χ0) is 45.5. The van der Waals surface area contributed by atoms with Crippen LogP contribution in [-0.4, -0.2) is 19.5 Å². The van der Waals surface area contributed by atoms with Gasteiger partial charge in [0, 0.05) is 64.2 Å². The molecule has 1 aliphatic heterocycles. The number of hydrogen-bond acceptors (Lipinski definition) is 4. The molecule has 0 radical (unpaired) electrons. The van der Waals surface area contributed by atoms with Gasteiger partial charge in [0.15, 0.2) is 17.5 Å². The molecule has 13 aromatic rings. The van der Waals surface area contributed by atoms with Crippen molar-refractivity contribution in [2.24, 2.45) is 0 Å². The molecule has 0 N–H and O–H groups in total. The van der Waals surface area contributed by atoms with Crippen molar-refractivity contribution in [2.45, 2.75) is 19.3 Å². The first-order chi connectivity index (χ1) is 33.9. The second-order valence-electron chi connectivity index (χ2n) is 19.1. The van der Waals surface area contributed by atoms with Gasteiger partial charge in [-0.2, -0.15) is 0 Å². The van der Waals surface area contributed by atoms with Gasteiger partial charge in [0.2, 0.25) is 0 Å². The Hall–Kier alpha value is -8.51. The number of thiophene rings is 1. The third-order valence-electron chi connectivity index (χ3n) is 15.0. The number of para-hydroxylation sites is 1. The molecule has 2 aliphatic rings. The van der Waals surface area contributed by atoms with Crippen molar-refractivity contribution in [3.05, 3.63) is 217 Å². The van der Waals surface area contributed by atoms with Crippen LogP contribution in [0.3, 0.4) is 0 Å². The molecule has 0 atom stereocenters. The van der Waals surface area contributed by atoms with E-state index in [1.54, 1.807) is 11.3 Å². The second kappa shape index (κ2) is 14.3. The van der Waals surface area contributed by atoms with Crippen molar-refractivity contribution < 1.29 is 0 Å². The molecule has 0 amide bonds. The van der Waals surface area contributed by atoms with Crippen LogP contribution in [0.1, 0.15) is 25.0 Å². The minimum absolute atomic E-state index is 0.131. The number of benzene rings is 10. The molecule has 10 aromatic carbocycles. The van der Waals surface area contributed by atoms with E-state index in [1.165, 1.54) is 103 Å². The third-order valence-corrected chi connectivity index (χ3v) is 16.1. The van der Waals surface area contributed by atoms with Gasteiger partial charge in [-0.1, -0.05) is 184 Å². The molecule has 5 heteroatoms. The van der Waals surface area contributed by atoms with Gasteiger partial charge < -0.3 is 4.57 Å². The summed E-state index contributed by atoms with van der Waals surface area (Å²) in [5.41, 5.74) is 19.2. The Balaban J connectivity index is 0.899. The molecule has 0 saturated carbocycles. The lowest BCUT2D eigenvalue weighted by molar-refractivity contribution is 0.661. The van der Waals surface area contributed by atoms with Crippen LogP contribution >= 0.6 is 11.3 Å². The summed E-state index contributed by atoms with van der Waals surface area (Å²) >= 11 is 1.81. The van der Waals surface area contributed by atoms with Gasteiger partial charge in [0.05, 0.1) is 16.7 Å². The van der Waals surface area contributed by atoms with Gasteiger partial charge in [-0.15, -0.1) is 11.3 Å². The van der Waals surface area contributed by atoms with E-state index in [-0.39, 0.29) is 5.41 Å². The summed E-state index contributed by atoms with van der Waals surface area (Å²) in [6.07, 6.45) is 0. The van der Waals surface area contributed by atoms with E-state index in [1.807, 2.05) is 0 Å². The second-order valence-corrected chi connectivity index (χ2v) is 20.2. The predicted molar refractivity (Wildman–Crippen MR) is 288 cm³/mol. The fraction of sp³-hybridized carbons (Fsp3) is 0.0469. The number of aromatic nitrogens is 4. The molecule has 322 valence electrons. The number of hydrogen-bond donors (Lipinski definition) is 0. The van der Waals surface area contributed by atoms with Gasteiger partial charge >= 0.3 is 0 Å². The Morgan fingerprint density at radius 2 is 0.986 bits per heavy atom. The maximum atomic E-state index is 5.27. The van der Waals surface area contributed by atoms with E-state index in [0.717, 1.165) is 27.6 Å². The SMILES string of the molecule is CC1(C)c2cccc3c2-c2c1ccc1c4ccccc4n(c21)-c1cccc(-c2ccc(-c4nc(-c5ccc6ccc(-c7ccccc7)cc6c5)nc(-c5ccc6c(c5)sc5ccccc56)n4)cc2)c1-3. The number of fused-ring (bicyclic) bond motifs is 10. The van der Waals surface area contributed by atoms with Crippen molar-refractivity contribution in [3.8, 4) is 84.4 Å². The summed E-state index contributed by atoms with van der Waals surface area (Å²) in [5, 5.41) is 7.39. The zero-order valence-corrected chi connectivity index (χ0v) is 38.6. The Morgan fingerprint density at radius 3 is 1.83 bits per heavy atom. The Bertz CT molecular complexity index is 4330. The average Bonchev–Trinajstić information content (AvgIpc) is 3.99. The zero-order valence-electron chi connectivity index (χ0n) is 37.8. The van der Waals surface area contributed by atoms with Crippen LogP contribution in [0.4, 0.5) is 0 Å². The summed E-state index contributed by atoms with van der Waals surface area (Å²) < 4.78 is 5.03. The summed E-state index contributed by atoms with van der Waals surface area (Å²) in [7, 11) is 0. The number of nitrogens with zero attached hydrogens (tertiary/aromatic N) is 4. The van der Waals surface area contributed by atoms with E-state index in [2.05, 4.69) is 225 Å². The summed E-state index contributed by atoms with van der Waals surface area (Å²) in [5.74, 6) is 1.92. The highest BCUT2D eigenvalue weighted by molar-refractivity contribution is 7.25. The summed E-state index contributed by atoms with van der Waals surface area (Å²) in [6.45, 7) is 4.77. The topological polar surface area (TPSA) is 43.6 Å². The molecule has 1 aliphatic carbocycles. The lowest BCUT2D eigenvalue weighted by Crippen LogP contribution is -2.15. The molecular formula is C64H40N4S. The van der Waals surface area contributed by atoms with E-state index in [9.17, 15) is 0 Å². The minimum Gasteiger partial charge on any atom is -0.308 e. The van der Waals surface area contributed by atoms with Crippen molar-refractivity contribution in [1.82, 2.24) is 19.5 Å². The van der Waals surface area contributed by atoms with Crippen LogP contribution < -0.4 is 0 Å². The molecule has 0 bridgehead atoms. The maximum Gasteiger partial charge on any atom is 0.164 e. The van der Waals surface area contributed by atoms with E-state index in [4.69, 9.17) is 15.0 Å². The highest BCUT2D eigenvalue weighted by Gasteiger charge is 2.41. The quantitative estimate of drug-likeness (QED) is 0.173. The van der Waals surface area contributed by atoms with Crippen molar-refractivity contribution in [3.63, 3.8) is 0 Å². The van der Waals surface area contributed by atoms with Crippen LogP contribution in [0.5, 0.6) is 0 Å². The monoisotopic (exact) mass is 896 g/mol. The molecule has 4 heterocycles. The Kier molecular flexibility index (Phi) is 7.97. The van der Waals surface area contributed by atoms with Gasteiger partial charge in [-0.05, 0) is 91.7 Å². The fourth-order valence-corrected chi connectivity index (χ4v) is 12.8. The Morgan fingerprint density at radius 1 is 0.377 bits per heavy atom. The van der Waals surface area contributed by atoms with Crippen molar-refractivity contribution in [1.29, 1.82) is 0 Å². The molecule has 3 aromatic heterocycles. The normalized spacial score (nSPS) is 13.2. The van der Waals surface area contributed by atoms with Crippen molar-refractivity contribution in [2.75, 3.05) is 0 Å². The lowest BCUT2D eigenvalue weighted by Gasteiger charge is -2.23. The molecule has 69 heavy (non-hydrogen) atoms. The number of rotatable bonds is 5. The van der Waals surface area contributed by atoms with Gasteiger partial charge in [0.25, 0.3) is 0 Å². The van der Waals surface area contributed by atoms with Crippen LogP contribution in [-0.2, 0) is 5.41 Å². The molecular weight excluding hydrogens is 857 g/mol. The smallest absolute Gasteiger partial charge is 0.164 e. The van der Waals surface area contributed by atoms with Crippen LogP contribution in [0.2, 0.25) is 0 Å². The van der Waals surface area contributed by atoms with Crippen LogP contribution in [0.15, 0.2) is 206 Å². The minimum atomic E-state index is -0.131. The maximum absolute atomic E-state index is 5.27. The molecule has 0 spiro atoms.